The van der Waals surface area contributed by atoms with Crippen molar-refractivity contribution in [1.29, 1.82) is 0 Å². The molecule has 0 saturated carbocycles. The van der Waals surface area contributed by atoms with Crippen LogP contribution in [0.4, 0.5) is 0 Å². The first-order valence-electron chi connectivity index (χ1n) is 12.6. The monoisotopic (exact) mass is 408 g/mol. The lowest BCUT2D eigenvalue weighted by Gasteiger charge is -2.07. The molecule has 0 fully saturated rings. The first-order chi connectivity index (χ1) is 14.7. The Morgan fingerprint density at radius 2 is 1.23 bits per heavy atom. The lowest BCUT2D eigenvalue weighted by atomic mass is 9.99. The molecule has 1 aromatic carbocycles. The van der Waals surface area contributed by atoms with Gasteiger partial charge in [0.1, 0.15) is 0 Å². The fourth-order valence-electron chi connectivity index (χ4n) is 3.94. The van der Waals surface area contributed by atoms with Gasteiger partial charge in [-0.3, -0.25) is 0 Å². The van der Waals surface area contributed by atoms with Gasteiger partial charge in [0.05, 0.1) is 0 Å². The van der Waals surface area contributed by atoms with Crippen LogP contribution in [0.25, 0.3) is 11.4 Å². The van der Waals surface area contributed by atoms with E-state index in [1.165, 1.54) is 94.6 Å². The highest BCUT2D eigenvalue weighted by Crippen LogP contribution is 2.18. The Morgan fingerprint density at radius 3 is 1.87 bits per heavy atom. The molecule has 1 aromatic heterocycles. The Labute approximate surface area is 185 Å². The van der Waals surface area contributed by atoms with E-state index in [4.69, 9.17) is 0 Å². The molecule has 0 saturated heterocycles. The highest BCUT2D eigenvalue weighted by Gasteiger charge is 2.03. The summed E-state index contributed by atoms with van der Waals surface area (Å²) < 4.78 is 0. The van der Waals surface area contributed by atoms with Crippen molar-refractivity contribution < 1.29 is 0 Å². The quantitative estimate of drug-likeness (QED) is 0.260. The fourth-order valence-corrected chi connectivity index (χ4v) is 3.94. The molecule has 2 heteroatoms. The van der Waals surface area contributed by atoms with Crippen molar-refractivity contribution >= 4 is 0 Å². The van der Waals surface area contributed by atoms with E-state index in [1.54, 1.807) is 0 Å². The van der Waals surface area contributed by atoms with E-state index in [0.717, 1.165) is 23.7 Å². The van der Waals surface area contributed by atoms with Gasteiger partial charge in [-0.1, -0.05) is 109 Å². The zero-order chi connectivity index (χ0) is 21.4. The number of rotatable bonds is 16. The first kappa shape index (κ1) is 24.6. The van der Waals surface area contributed by atoms with E-state index in [2.05, 4.69) is 55.0 Å². The molecule has 0 bridgehead atoms. The van der Waals surface area contributed by atoms with Crippen LogP contribution in [-0.4, -0.2) is 9.97 Å². The molecule has 2 nitrogen and oxygen atoms in total. The van der Waals surface area contributed by atoms with Crippen molar-refractivity contribution in [3.8, 4) is 11.4 Å². The largest absolute Gasteiger partial charge is 0.236 e. The summed E-state index contributed by atoms with van der Waals surface area (Å²) in [6.45, 7) is 6.93. The minimum absolute atomic E-state index is 0.846. The number of hydrogen-bond donors (Lipinski definition) is 0. The minimum atomic E-state index is 0.846. The third kappa shape index (κ3) is 9.87. The van der Waals surface area contributed by atoms with E-state index in [9.17, 15) is 0 Å². The van der Waals surface area contributed by atoms with E-state index in [0.29, 0.717) is 0 Å². The average molecular weight is 409 g/mol. The maximum Gasteiger partial charge on any atom is 0.159 e. The van der Waals surface area contributed by atoms with Gasteiger partial charge in [0.15, 0.2) is 5.82 Å². The summed E-state index contributed by atoms with van der Waals surface area (Å²) in [7, 11) is 0. The molecule has 2 rings (SSSR count). The van der Waals surface area contributed by atoms with Crippen molar-refractivity contribution in [2.45, 2.75) is 111 Å². The Balaban J connectivity index is 1.66. The van der Waals surface area contributed by atoms with Crippen LogP contribution in [0.1, 0.15) is 109 Å². The van der Waals surface area contributed by atoms with E-state index in [1.807, 2.05) is 12.4 Å². The Hall–Kier alpha value is -1.70. The van der Waals surface area contributed by atoms with Gasteiger partial charge in [0, 0.05) is 18.0 Å². The first-order valence-corrected chi connectivity index (χ1v) is 12.6. The lowest BCUT2D eigenvalue weighted by Crippen LogP contribution is -1.94. The van der Waals surface area contributed by atoms with E-state index >= 15 is 0 Å². The standard InChI is InChI=1S/C28H44N2/c1-4-6-7-9-13-16-25-18-20-27(21-19-25)28-29-22-26(23-30-28)17-14-11-8-10-12-15-24(3)5-2/h18-24H,4-17H2,1-3H3. The van der Waals surface area contributed by atoms with Gasteiger partial charge in [-0.2, -0.15) is 0 Å². The number of nitrogens with zero attached hydrogens (tertiary/aromatic N) is 2. The SMILES string of the molecule is CCCCCCCc1ccc(-c2ncc(CCCCCCCC(C)CC)cn2)cc1. The molecule has 0 aliphatic heterocycles. The van der Waals surface area contributed by atoms with Crippen LogP contribution in [0, 0.1) is 5.92 Å². The molecule has 2 aromatic rings. The van der Waals surface area contributed by atoms with Crippen LogP contribution in [-0.2, 0) is 12.8 Å². The number of unbranched alkanes of at least 4 members (excludes halogenated alkanes) is 8. The zero-order valence-corrected chi connectivity index (χ0v) is 19.8. The third-order valence-corrected chi connectivity index (χ3v) is 6.35. The molecule has 1 atom stereocenters. The molecule has 0 aliphatic rings. The fraction of sp³-hybridized carbons (Fsp3) is 0.643. The van der Waals surface area contributed by atoms with Gasteiger partial charge in [0.25, 0.3) is 0 Å². The van der Waals surface area contributed by atoms with Gasteiger partial charge in [-0.25, -0.2) is 9.97 Å². The second kappa shape index (κ2) is 15.2. The maximum atomic E-state index is 4.62. The maximum absolute atomic E-state index is 4.62. The smallest absolute Gasteiger partial charge is 0.159 e. The highest BCUT2D eigenvalue weighted by molar-refractivity contribution is 5.55. The summed E-state index contributed by atoms with van der Waals surface area (Å²) in [5.74, 6) is 1.74. The van der Waals surface area contributed by atoms with Crippen molar-refractivity contribution in [1.82, 2.24) is 9.97 Å². The van der Waals surface area contributed by atoms with Crippen LogP contribution in [0.15, 0.2) is 36.7 Å². The van der Waals surface area contributed by atoms with Gasteiger partial charge >= 0.3 is 0 Å². The predicted molar refractivity (Wildman–Crippen MR) is 131 cm³/mol. The van der Waals surface area contributed by atoms with Gasteiger partial charge in [-0.15, -0.1) is 0 Å². The van der Waals surface area contributed by atoms with Crippen LogP contribution in [0.2, 0.25) is 0 Å². The highest BCUT2D eigenvalue weighted by atomic mass is 14.9. The molecule has 1 unspecified atom stereocenters. The Kier molecular flexibility index (Phi) is 12.4. The second-order valence-corrected chi connectivity index (χ2v) is 9.10. The van der Waals surface area contributed by atoms with Crippen molar-refractivity contribution in [2.24, 2.45) is 5.92 Å². The van der Waals surface area contributed by atoms with Gasteiger partial charge in [0.2, 0.25) is 0 Å². The minimum Gasteiger partial charge on any atom is -0.236 e. The zero-order valence-electron chi connectivity index (χ0n) is 19.8. The normalized spacial score (nSPS) is 12.2. The van der Waals surface area contributed by atoms with Crippen LogP contribution in [0.5, 0.6) is 0 Å². The van der Waals surface area contributed by atoms with Crippen molar-refractivity contribution in [3.63, 3.8) is 0 Å². The molecule has 0 aliphatic carbocycles. The summed E-state index contributed by atoms with van der Waals surface area (Å²) in [5.41, 5.74) is 3.82. The van der Waals surface area contributed by atoms with E-state index in [-0.39, 0.29) is 0 Å². The van der Waals surface area contributed by atoms with E-state index < -0.39 is 0 Å². The number of aryl methyl sites for hydroxylation is 2. The molecule has 0 amide bonds. The number of benzene rings is 1. The molecular weight excluding hydrogens is 364 g/mol. The Morgan fingerprint density at radius 1 is 0.667 bits per heavy atom. The van der Waals surface area contributed by atoms with Crippen LogP contribution < -0.4 is 0 Å². The average Bonchev–Trinajstić information content (AvgIpc) is 2.79. The molecule has 0 radical (unpaired) electrons. The summed E-state index contributed by atoms with van der Waals surface area (Å²) in [6.07, 6.45) is 22.4. The second-order valence-electron chi connectivity index (χ2n) is 9.10. The van der Waals surface area contributed by atoms with Crippen molar-refractivity contribution in [3.05, 3.63) is 47.8 Å². The van der Waals surface area contributed by atoms with Gasteiger partial charge < -0.3 is 0 Å². The molecule has 0 spiro atoms. The van der Waals surface area contributed by atoms with Crippen LogP contribution in [0.3, 0.4) is 0 Å². The summed E-state index contributed by atoms with van der Waals surface area (Å²) in [5, 5.41) is 0. The summed E-state index contributed by atoms with van der Waals surface area (Å²) in [6, 6.07) is 8.84. The van der Waals surface area contributed by atoms with Crippen molar-refractivity contribution in [2.75, 3.05) is 0 Å². The van der Waals surface area contributed by atoms with Gasteiger partial charge in [-0.05, 0) is 42.7 Å². The lowest BCUT2D eigenvalue weighted by molar-refractivity contribution is 0.472. The Bertz CT molecular complexity index is 660. The summed E-state index contributed by atoms with van der Waals surface area (Å²) in [4.78, 5) is 9.24. The third-order valence-electron chi connectivity index (χ3n) is 6.35. The van der Waals surface area contributed by atoms with Crippen LogP contribution >= 0.6 is 0 Å². The summed E-state index contributed by atoms with van der Waals surface area (Å²) >= 11 is 0. The number of aromatic nitrogens is 2. The molecule has 0 N–H and O–H groups in total. The molecule has 1 heterocycles. The molecule has 166 valence electrons. The predicted octanol–water partition coefficient (Wildman–Crippen LogP) is 8.59. The topological polar surface area (TPSA) is 25.8 Å². The number of hydrogen-bond acceptors (Lipinski definition) is 2. The molecule has 30 heavy (non-hydrogen) atoms. The molecular formula is C28H44N2.